The number of urea groups is 1. The van der Waals surface area contributed by atoms with Crippen LogP contribution >= 0.6 is 0 Å². The molecule has 0 aromatic heterocycles. The standard InChI is InChI=1S/C18H25N3O4/c1-4-25-17(23)13-7-5-9-15(11-13)19-16(22)14-8-6-10-21(12-14)18(24)20(2)3/h5,7,9,11,14H,4,6,8,10,12H2,1-3H3,(H,19,22)/t14-/m1/s1. The lowest BCUT2D eigenvalue weighted by atomic mass is 9.97. The van der Waals surface area contributed by atoms with Crippen LogP contribution in [-0.4, -0.2) is 61.5 Å². The molecule has 7 nitrogen and oxygen atoms in total. The maximum Gasteiger partial charge on any atom is 0.338 e. The fourth-order valence-electron chi connectivity index (χ4n) is 2.83. The SMILES string of the molecule is CCOC(=O)c1cccc(NC(=O)[C@@H]2CCCN(C(=O)N(C)C)C2)c1. The predicted molar refractivity (Wildman–Crippen MR) is 94.4 cm³/mol. The van der Waals surface area contributed by atoms with Gasteiger partial charge in [0.25, 0.3) is 0 Å². The normalized spacial score (nSPS) is 16.9. The van der Waals surface area contributed by atoms with Crippen LogP contribution in [0.3, 0.4) is 0 Å². The number of amides is 3. The summed E-state index contributed by atoms with van der Waals surface area (Å²) in [7, 11) is 3.40. The van der Waals surface area contributed by atoms with E-state index >= 15 is 0 Å². The molecule has 1 heterocycles. The Balaban J connectivity index is 2.00. The molecule has 1 aromatic rings. The van der Waals surface area contributed by atoms with E-state index in [1.54, 1.807) is 50.2 Å². The van der Waals surface area contributed by atoms with Crippen LogP contribution in [0, 0.1) is 5.92 Å². The van der Waals surface area contributed by atoms with E-state index in [1.165, 1.54) is 4.90 Å². The van der Waals surface area contributed by atoms with Crippen LogP contribution in [-0.2, 0) is 9.53 Å². The van der Waals surface area contributed by atoms with Crippen molar-refractivity contribution in [3.63, 3.8) is 0 Å². The first-order chi connectivity index (χ1) is 11.9. The number of hydrogen-bond donors (Lipinski definition) is 1. The molecule has 1 fully saturated rings. The molecular formula is C18H25N3O4. The van der Waals surface area contributed by atoms with Crippen LogP contribution < -0.4 is 5.32 Å². The minimum absolute atomic E-state index is 0.0817. The van der Waals surface area contributed by atoms with E-state index in [9.17, 15) is 14.4 Å². The van der Waals surface area contributed by atoms with Crippen LogP contribution in [0.5, 0.6) is 0 Å². The zero-order chi connectivity index (χ0) is 18.4. The molecule has 3 amide bonds. The topological polar surface area (TPSA) is 79.0 Å². The van der Waals surface area contributed by atoms with Crippen molar-refractivity contribution in [3.05, 3.63) is 29.8 Å². The average molecular weight is 347 g/mol. The van der Waals surface area contributed by atoms with Gasteiger partial charge in [0.15, 0.2) is 0 Å². The molecule has 0 aliphatic carbocycles. The van der Waals surface area contributed by atoms with Crippen LogP contribution in [0.15, 0.2) is 24.3 Å². The van der Waals surface area contributed by atoms with Gasteiger partial charge in [0.05, 0.1) is 18.1 Å². The Bertz CT molecular complexity index is 645. The minimum Gasteiger partial charge on any atom is -0.462 e. The summed E-state index contributed by atoms with van der Waals surface area (Å²) < 4.78 is 4.97. The summed E-state index contributed by atoms with van der Waals surface area (Å²) in [5.74, 6) is -0.819. The van der Waals surface area contributed by atoms with Gasteiger partial charge in [-0.3, -0.25) is 4.79 Å². The average Bonchev–Trinajstić information content (AvgIpc) is 2.61. The van der Waals surface area contributed by atoms with Gasteiger partial charge >= 0.3 is 12.0 Å². The van der Waals surface area contributed by atoms with Gasteiger partial charge in [-0.15, -0.1) is 0 Å². The van der Waals surface area contributed by atoms with E-state index in [0.717, 1.165) is 12.8 Å². The van der Waals surface area contributed by atoms with E-state index in [0.29, 0.717) is 30.9 Å². The van der Waals surface area contributed by atoms with Crippen molar-refractivity contribution in [1.29, 1.82) is 0 Å². The largest absolute Gasteiger partial charge is 0.462 e. The summed E-state index contributed by atoms with van der Waals surface area (Å²) in [5.41, 5.74) is 0.944. The quantitative estimate of drug-likeness (QED) is 0.847. The lowest BCUT2D eigenvalue weighted by Crippen LogP contribution is -2.47. The van der Waals surface area contributed by atoms with Gasteiger partial charge < -0.3 is 19.9 Å². The maximum atomic E-state index is 12.5. The van der Waals surface area contributed by atoms with Crippen molar-refractivity contribution in [2.45, 2.75) is 19.8 Å². The molecule has 1 aliphatic rings. The Morgan fingerprint density at radius 1 is 1.32 bits per heavy atom. The fraction of sp³-hybridized carbons (Fsp3) is 0.500. The Morgan fingerprint density at radius 3 is 2.76 bits per heavy atom. The molecule has 0 saturated carbocycles. The second-order valence-electron chi connectivity index (χ2n) is 6.25. The van der Waals surface area contributed by atoms with Gasteiger partial charge in [0, 0.05) is 32.9 Å². The van der Waals surface area contributed by atoms with Gasteiger partial charge in [-0.1, -0.05) is 6.07 Å². The second kappa shape index (κ2) is 8.50. The number of carbonyl (C=O) groups is 3. The highest BCUT2D eigenvalue weighted by Crippen LogP contribution is 2.20. The van der Waals surface area contributed by atoms with E-state index in [4.69, 9.17) is 4.74 Å². The lowest BCUT2D eigenvalue weighted by molar-refractivity contribution is -0.121. The van der Waals surface area contributed by atoms with Crippen molar-refractivity contribution in [3.8, 4) is 0 Å². The van der Waals surface area contributed by atoms with Crippen molar-refractivity contribution in [1.82, 2.24) is 9.80 Å². The molecule has 1 aromatic carbocycles. The Labute approximate surface area is 147 Å². The maximum absolute atomic E-state index is 12.5. The number of nitrogens with zero attached hydrogens (tertiary/aromatic N) is 2. The van der Waals surface area contributed by atoms with Crippen LogP contribution in [0.25, 0.3) is 0 Å². The number of rotatable bonds is 4. The Kier molecular flexibility index (Phi) is 6.38. The third-order valence-electron chi connectivity index (χ3n) is 4.09. The predicted octanol–water partition coefficient (Wildman–Crippen LogP) is 2.20. The highest BCUT2D eigenvalue weighted by molar-refractivity contribution is 5.95. The number of benzene rings is 1. The number of anilines is 1. The summed E-state index contributed by atoms with van der Waals surface area (Å²) in [6.07, 6.45) is 1.53. The number of esters is 1. The van der Waals surface area contributed by atoms with Crippen LogP contribution in [0.2, 0.25) is 0 Å². The first kappa shape index (κ1) is 18.8. The molecular weight excluding hydrogens is 322 g/mol. The summed E-state index contributed by atoms with van der Waals surface area (Å²) in [6.45, 7) is 3.11. The smallest absolute Gasteiger partial charge is 0.338 e. The molecule has 1 N–H and O–H groups in total. The van der Waals surface area contributed by atoms with Crippen molar-refractivity contribution in [2.75, 3.05) is 39.1 Å². The second-order valence-corrected chi connectivity index (χ2v) is 6.25. The van der Waals surface area contributed by atoms with Gasteiger partial charge in [0.2, 0.25) is 5.91 Å². The van der Waals surface area contributed by atoms with Crippen molar-refractivity contribution >= 4 is 23.6 Å². The summed E-state index contributed by atoms with van der Waals surface area (Å²) in [5, 5.41) is 2.84. The minimum atomic E-state index is -0.418. The molecule has 25 heavy (non-hydrogen) atoms. The van der Waals surface area contributed by atoms with Gasteiger partial charge in [-0.05, 0) is 38.0 Å². The molecule has 0 unspecified atom stereocenters. The molecule has 0 radical (unpaired) electrons. The monoisotopic (exact) mass is 347 g/mol. The van der Waals surface area contributed by atoms with E-state index in [1.807, 2.05) is 0 Å². The number of likely N-dealkylation sites (tertiary alicyclic amines) is 1. The molecule has 7 heteroatoms. The number of carbonyl (C=O) groups excluding carboxylic acids is 3. The van der Waals surface area contributed by atoms with Gasteiger partial charge in [-0.25, -0.2) is 9.59 Å². The fourth-order valence-corrected chi connectivity index (χ4v) is 2.83. The Morgan fingerprint density at radius 2 is 2.08 bits per heavy atom. The number of piperidine rings is 1. The van der Waals surface area contributed by atoms with Crippen LogP contribution in [0.4, 0.5) is 10.5 Å². The highest BCUT2D eigenvalue weighted by atomic mass is 16.5. The van der Waals surface area contributed by atoms with Gasteiger partial charge in [0.1, 0.15) is 0 Å². The molecule has 0 spiro atoms. The zero-order valence-electron chi connectivity index (χ0n) is 14.9. The molecule has 1 aliphatic heterocycles. The number of nitrogens with one attached hydrogen (secondary N) is 1. The molecule has 0 bridgehead atoms. The highest BCUT2D eigenvalue weighted by Gasteiger charge is 2.29. The van der Waals surface area contributed by atoms with Crippen LogP contribution in [0.1, 0.15) is 30.1 Å². The third-order valence-corrected chi connectivity index (χ3v) is 4.09. The zero-order valence-corrected chi connectivity index (χ0v) is 14.9. The first-order valence-electron chi connectivity index (χ1n) is 8.46. The molecule has 136 valence electrons. The number of ether oxygens (including phenoxy) is 1. The first-order valence-corrected chi connectivity index (χ1v) is 8.46. The van der Waals surface area contributed by atoms with E-state index in [2.05, 4.69) is 5.32 Å². The van der Waals surface area contributed by atoms with Crippen molar-refractivity contribution in [2.24, 2.45) is 5.92 Å². The summed E-state index contributed by atoms with van der Waals surface area (Å²) >= 11 is 0. The van der Waals surface area contributed by atoms with E-state index in [-0.39, 0.29) is 17.9 Å². The molecule has 1 atom stereocenters. The third kappa shape index (κ3) is 4.95. The van der Waals surface area contributed by atoms with Gasteiger partial charge in [-0.2, -0.15) is 0 Å². The lowest BCUT2D eigenvalue weighted by Gasteiger charge is -2.33. The summed E-state index contributed by atoms with van der Waals surface area (Å²) in [6, 6.07) is 6.59. The number of hydrogen-bond acceptors (Lipinski definition) is 4. The summed E-state index contributed by atoms with van der Waals surface area (Å²) in [4.78, 5) is 39.6. The Hall–Kier alpha value is -2.57. The molecule has 2 rings (SSSR count). The van der Waals surface area contributed by atoms with Crippen molar-refractivity contribution < 1.29 is 19.1 Å². The van der Waals surface area contributed by atoms with E-state index < -0.39 is 5.97 Å². The molecule has 1 saturated heterocycles.